The first kappa shape index (κ1) is 16.6. The first-order valence-corrected chi connectivity index (χ1v) is 8.56. The van der Waals surface area contributed by atoms with Gasteiger partial charge in [-0.25, -0.2) is 0 Å². The summed E-state index contributed by atoms with van der Waals surface area (Å²) >= 11 is 14.0. The maximum Gasteiger partial charge on any atom is 0.0931 e. The average Bonchev–Trinajstić information content (AvgIpc) is 2.84. The van der Waals surface area contributed by atoms with Gasteiger partial charge in [-0.3, -0.25) is 0 Å². The Hall–Kier alpha value is -0.740. The molecule has 2 aromatic rings. The lowest BCUT2D eigenvalue weighted by Gasteiger charge is -2.21. The van der Waals surface area contributed by atoms with Gasteiger partial charge in [-0.2, -0.15) is 0 Å². The van der Waals surface area contributed by atoms with Crippen molar-refractivity contribution in [1.29, 1.82) is 0 Å². The Morgan fingerprint density at radius 1 is 1.24 bits per heavy atom. The standard InChI is InChI=1S/C16H20Cl2N2S/c1-4-19-11(2)14-7-5-12(9-15(14)17)20(3)10-13-6-8-16(18)21-13/h5-9,11,19H,4,10H2,1-3H3. The molecule has 5 heteroatoms. The van der Waals surface area contributed by atoms with Gasteiger partial charge in [-0.1, -0.05) is 36.2 Å². The number of thiophene rings is 1. The second-order valence-corrected chi connectivity index (χ2v) is 7.25. The lowest BCUT2D eigenvalue weighted by molar-refractivity contribution is 0.598. The highest BCUT2D eigenvalue weighted by atomic mass is 35.5. The van der Waals surface area contributed by atoms with Gasteiger partial charge in [0.2, 0.25) is 0 Å². The first-order chi connectivity index (χ1) is 10.0. The summed E-state index contributed by atoms with van der Waals surface area (Å²) in [4.78, 5) is 3.42. The van der Waals surface area contributed by atoms with E-state index in [2.05, 4.69) is 49.3 Å². The minimum atomic E-state index is 0.262. The highest BCUT2D eigenvalue weighted by molar-refractivity contribution is 7.16. The van der Waals surface area contributed by atoms with Crippen LogP contribution in [0.1, 0.15) is 30.3 Å². The van der Waals surface area contributed by atoms with Crippen LogP contribution in [0, 0.1) is 0 Å². The van der Waals surface area contributed by atoms with Crippen molar-refractivity contribution in [3.63, 3.8) is 0 Å². The van der Waals surface area contributed by atoms with Gasteiger partial charge in [0.25, 0.3) is 0 Å². The quantitative estimate of drug-likeness (QED) is 0.759. The maximum atomic E-state index is 6.43. The number of hydrogen-bond acceptors (Lipinski definition) is 3. The molecule has 0 saturated carbocycles. The molecule has 0 aliphatic heterocycles. The van der Waals surface area contributed by atoms with Crippen LogP contribution in [0.5, 0.6) is 0 Å². The summed E-state index contributed by atoms with van der Waals surface area (Å²) in [6.07, 6.45) is 0. The van der Waals surface area contributed by atoms with Gasteiger partial charge < -0.3 is 10.2 Å². The molecule has 0 radical (unpaired) electrons. The lowest BCUT2D eigenvalue weighted by atomic mass is 10.1. The van der Waals surface area contributed by atoms with Gasteiger partial charge in [0.05, 0.1) is 10.9 Å². The van der Waals surface area contributed by atoms with E-state index < -0.39 is 0 Å². The number of halogens is 2. The molecule has 1 N–H and O–H groups in total. The Bertz CT molecular complexity index is 598. The smallest absolute Gasteiger partial charge is 0.0931 e. The molecule has 0 fully saturated rings. The van der Waals surface area contributed by atoms with E-state index in [1.54, 1.807) is 11.3 Å². The fourth-order valence-corrected chi connectivity index (χ4v) is 3.76. The fourth-order valence-electron chi connectivity index (χ4n) is 2.28. The van der Waals surface area contributed by atoms with Crippen LogP contribution in [0.4, 0.5) is 5.69 Å². The third-order valence-electron chi connectivity index (χ3n) is 3.42. The van der Waals surface area contributed by atoms with Crippen molar-refractivity contribution < 1.29 is 0 Å². The van der Waals surface area contributed by atoms with E-state index in [9.17, 15) is 0 Å². The van der Waals surface area contributed by atoms with Crippen molar-refractivity contribution in [2.45, 2.75) is 26.4 Å². The zero-order valence-electron chi connectivity index (χ0n) is 12.5. The van der Waals surface area contributed by atoms with Crippen molar-refractivity contribution in [1.82, 2.24) is 5.32 Å². The van der Waals surface area contributed by atoms with Gasteiger partial charge in [0.1, 0.15) is 0 Å². The van der Waals surface area contributed by atoms with Crippen LogP contribution >= 0.6 is 34.5 Å². The molecule has 114 valence electrons. The molecule has 0 saturated heterocycles. The van der Waals surface area contributed by atoms with E-state index in [1.165, 1.54) is 4.88 Å². The van der Waals surface area contributed by atoms with E-state index in [0.717, 1.165) is 33.7 Å². The Labute approximate surface area is 140 Å². The monoisotopic (exact) mass is 342 g/mol. The topological polar surface area (TPSA) is 15.3 Å². The highest BCUT2D eigenvalue weighted by Gasteiger charge is 2.11. The van der Waals surface area contributed by atoms with Gasteiger partial charge in [0.15, 0.2) is 0 Å². The van der Waals surface area contributed by atoms with Gasteiger partial charge in [-0.15, -0.1) is 11.3 Å². The number of nitrogens with one attached hydrogen (secondary N) is 1. The molecule has 1 heterocycles. The minimum absolute atomic E-state index is 0.262. The van der Waals surface area contributed by atoms with E-state index in [4.69, 9.17) is 23.2 Å². The molecular weight excluding hydrogens is 323 g/mol. The third kappa shape index (κ3) is 4.36. The molecule has 1 unspecified atom stereocenters. The van der Waals surface area contributed by atoms with Crippen molar-refractivity contribution in [2.75, 3.05) is 18.5 Å². The van der Waals surface area contributed by atoms with E-state index in [-0.39, 0.29) is 6.04 Å². The molecule has 0 bridgehead atoms. The van der Waals surface area contributed by atoms with Crippen LogP contribution in [0.25, 0.3) is 0 Å². The van der Waals surface area contributed by atoms with Crippen molar-refractivity contribution >= 4 is 40.2 Å². The maximum absolute atomic E-state index is 6.43. The van der Waals surface area contributed by atoms with Crippen LogP contribution in [-0.2, 0) is 6.54 Å². The number of benzene rings is 1. The summed E-state index contributed by atoms with van der Waals surface area (Å²) in [7, 11) is 2.06. The van der Waals surface area contributed by atoms with Crippen molar-refractivity contribution in [3.8, 4) is 0 Å². The van der Waals surface area contributed by atoms with E-state index in [1.807, 2.05) is 12.1 Å². The van der Waals surface area contributed by atoms with Gasteiger partial charge in [-0.05, 0) is 43.3 Å². The molecule has 0 aliphatic rings. The van der Waals surface area contributed by atoms with E-state index in [0.29, 0.717) is 0 Å². The SMILES string of the molecule is CCNC(C)c1ccc(N(C)Cc2ccc(Cl)s2)cc1Cl. The highest BCUT2D eigenvalue weighted by Crippen LogP contribution is 2.29. The normalized spacial score (nSPS) is 12.4. The van der Waals surface area contributed by atoms with Crippen LogP contribution in [0.15, 0.2) is 30.3 Å². The van der Waals surface area contributed by atoms with Crippen molar-refractivity contribution in [2.24, 2.45) is 0 Å². The molecule has 21 heavy (non-hydrogen) atoms. The van der Waals surface area contributed by atoms with Crippen LogP contribution in [0.2, 0.25) is 9.36 Å². The second kappa shape index (κ2) is 7.50. The molecule has 2 nitrogen and oxygen atoms in total. The van der Waals surface area contributed by atoms with Crippen molar-refractivity contribution in [3.05, 3.63) is 50.1 Å². The number of nitrogens with zero attached hydrogens (tertiary/aromatic N) is 1. The summed E-state index contributed by atoms with van der Waals surface area (Å²) in [5.41, 5.74) is 2.24. The zero-order valence-corrected chi connectivity index (χ0v) is 14.8. The molecule has 0 aliphatic carbocycles. The van der Waals surface area contributed by atoms with E-state index >= 15 is 0 Å². The lowest BCUT2D eigenvalue weighted by Crippen LogP contribution is -2.19. The van der Waals surface area contributed by atoms with Crippen LogP contribution in [-0.4, -0.2) is 13.6 Å². The number of anilines is 1. The molecule has 1 atom stereocenters. The average molecular weight is 343 g/mol. The summed E-state index contributed by atoms with van der Waals surface area (Å²) in [6, 6.07) is 10.5. The first-order valence-electron chi connectivity index (χ1n) is 6.99. The Kier molecular flexibility index (Phi) is 5.94. The largest absolute Gasteiger partial charge is 0.369 e. The van der Waals surface area contributed by atoms with Gasteiger partial charge >= 0.3 is 0 Å². The summed E-state index contributed by atoms with van der Waals surface area (Å²) in [5, 5.41) is 4.19. The predicted octanol–water partition coefficient (Wildman–Crippen LogP) is 5.36. The molecule has 1 aromatic carbocycles. The summed E-state index contributed by atoms with van der Waals surface area (Å²) < 4.78 is 0.825. The minimum Gasteiger partial charge on any atom is -0.369 e. The summed E-state index contributed by atoms with van der Waals surface area (Å²) in [5.74, 6) is 0. The number of rotatable bonds is 6. The zero-order chi connectivity index (χ0) is 15.4. The third-order valence-corrected chi connectivity index (χ3v) is 4.97. The second-order valence-electron chi connectivity index (χ2n) is 5.05. The summed E-state index contributed by atoms with van der Waals surface area (Å²) in [6.45, 7) is 5.98. The van der Waals surface area contributed by atoms with Gasteiger partial charge in [0, 0.05) is 28.7 Å². The van der Waals surface area contributed by atoms with Crippen LogP contribution < -0.4 is 10.2 Å². The van der Waals surface area contributed by atoms with Crippen LogP contribution in [0.3, 0.4) is 0 Å². The molecule has 0 spiro atoms. The molecule has 2 rings (SSSR count). The fraction of sp³-hybridized carbons (Fsp3) is 0.375. The molecule has 1 aromatic heterocycles. The molecular formula is C16H20Cl2N2S. The Balaban J connectivity index is 2.11. The molecule has 0 amide bonds. The number of hydrogen-bond donors (Lipinski definition) is 1. The Morgan fingerprint density at radius 2 is 2.00 bits per heavy atom. The predicted molar refractivity (Wildman–Crippen MR) is 95.0 cm³/mol. The Morgan fingerprint density at radius 3 is 2.57 bits per heavy atom.